The van der Waals surface area contributed by atoms with Crippen molar-refractivity contribution in [2.75, 3.05) is 7.11 Å². The van der Waals surface area contributed by atoms with Crippen LogP contribution in [0.1, 0.15) is 17.3 Å². The Morgan fingerprint density at radius 3 is 2.94 bits per heavy atom. The number of benzene rings is 1. The largest absolute Gasteiger partial charge is 0.496 e. The zero-order valence-corrected chi connectivity index (χ0v) is 10.9. The van der Waals surface area contributed by atoms with E-state index in [4.69, 9.17) is 10.5 Å². The molecule has 0 fully saturated rings. The molecule has 0 aliphatic heterocycles. The van der Waals surface area contributed by atoms with Gasteiger partial charge in [0, 0.05) is 0 Å². The predicted octanol–water partition coefficient (Wildman–Crippen LogP) is 1.82. The first-order chi connectivity index (χ1) is 8.20. The lowest BCUT2D eigenvalue weighted by molar-refractivity contribution is 0.412. The van der Waals surface area contributed by atoms with Crippen LogP contribution in [-0.2, 0) is 6.42 Å². The van der Waals surface area contributed by atoms with E-state index in [0.29, 0.717) is 6.42 Å². The smallest absolute Gasteiger partial charge is 0.133 e. The molecule has 17 heavy (non-hydrogen) atoms. The molecule has 0 saturated heterocycles. The van der Waals surface area contributed by atoms with E-state index in [9.17, 15) is 0 Å². The molecule has 90 valence electrons. The third-order valence-corrected chi connectivity index (χ3v) is 3.11. The Kier molecular flexibility index (Phi) is 3.75. The van der Waals surface area contributed by atoms with Crippen molar-refractivity contribution < 1.29 is 4.74 Å². The van der Waals surface area contributed by atoms with E-state index in [-0.39, 0.29) is 6.04 Å². The second-order valence-electron chi connectivity index (χ2n) is 3.67. The molecule has 0 spiro atoms. The maximum atomic E-state index is 6.02. The summed E-state index contributed by atoms with van der Waals surface area (Å²) in [6.45, 7) is 0. The van der Waals surface area contributed by atoms with Gasteiger partial charge in [-0.3, -0.25) is 0 Å². The molecule has 0 bridgehead atoms. The van der Waals surface area contributed by atoms with Crippen molar-refractivity contribution in [2.45, 2.75) is 12.5 Å². The molecule has 3 N–H and O–H groups in total. The lowest BCUT2D eigenvalue weighted by atomic mass is 10.0. The van der Waals surface area contributed by atoms with Crippen molar-refractivity contribution in [1.29, 1.82) is 0 Å². The van der Waals surface area contributed by atoms with Crippen molar-refractivity contribution in [3.05, 3.63) is 40.1 Å². The summed E-state index contributed by atoms with van der Waals surface area (Å²) in [4.78, 5) is 0. The summed E-state index contributed by atoms with van der Waals surface area (Å²) < 4.78 is 6.09. The second kappa shape index (κ2) is 5.29. The van der Waals surface area contributed by atoms with Gasteiger partial charge in [-0.1, -0.05) is 6.07 Å². The van der Waals surface area contributed by atoms with E-state index in [1.165, 1.54) is 0 Å². The molecule has 0 aliphatic rings. The van der Waals surface area contributed by atoms with Crippen molar-refractivity contribution >= 4 is 15.9 Å². The number of nitrogens with two attached hydrogens (primary N) is 1. The van der Waals surface area contributed by atoms with Gasteiger partial charge in [0.05, 0.1) is 29.5 Å². The molecule has 2 rings (SSSR count). The lowest BCUT2D eigenvalue weighted by Crippen LogP contribution is -2.13. The molecule has 1 aromatic carbocycles. The standard InChI is InChI=1S/C11H13BrN4O/c1-17-11-3-2-7(4-8(11)12)5-9(13)10-6-14-16-15-10/h2-4,6,9H,5,13H2,1H3,(H,14,15,16). The van der Waals surface area contributed by atoms with Gasteiger partial charge in [0.25, 0.3) is 0 Å². The molecule has 5 nitrogen and oxygen atoms in total. The number of aromatic amines is 1. The van der Waals surface area contributed by atoms with Crippen molar-refractivity contribution in [3.63, 3.8) is 0 Å². The minimum absolute atomic E-state index is 0.158. The molecule has 0 amide bonds. The molecule has 1 heterocycles. The number of ether oxygens (including phenoxy) is 1. The Bertz CT molecular complexity index is 486. The van der Waals surface area contributed by atoms with E-state index in [1.807, 2.05) is 18.2 Å². The van der Waals surface area contributed by atoms with Crippen LogP contribution in [0, 0.1) is 0 Å². The zero-order valence-electron chi connectivity index (χ0n) is 9.35. The number of nitrogens with one attached hydrogen (secondary N) is 1. The maximum absolute atomic E-state index is 6.02. The second-order valence-corrected chi connectivity index (χ2v) is 4.53. The first-order valence-corrected chi connectivity index (χ1v) is 5.93. The van der Waals surface area contributed by atoms with Crippen LogP contribution in [0.15, 0.2) is 28.9 Å². The minimum atomic E-state index is -0.158. The Balaban J connectivity index is 2.11. The molecule has 1 unspecified atom stereocenters. The highest BCUT2D eigenvalue weighted by Crippen LogP contribution is 2.26. The first kappa shape index (κ1) is 12.1. The van der Waals surface area contributed by atoms with Crippen LogP contribution in [0.4, 0.5) is 0 Å². The van der Waals surface area contributed by atoms with Crippen LogP contribution in [0.2, 0.25) is 0 Å². The van der Waals surface area contributed by atoms with Gasteiger partial charge in [0.2, 0.25) is 0 Å². The van der Waals surface area contributed by atoms with E-state index in [0.717, 1.165) is 21.5 Å². The van der Waals surface area contributed by atoms with Gasteiger partial charge in [-0.2, -0.15) is 15.4 Å². The molecule has 1 atom stereocenters. The van der Waals surface area contributed by atoms with Gasteiger partial charge in [0.1, 0.15) is 5.75 Å². The average Bonchev–Trinajstić information content (AvgIpc) is 2.82. The molecule has 6 heteroatoms. The number of hydrogen-bond donors (Lipinski definition) is 2. The van der Waals surface area contributed by atoms with E-state index in [1.54, 1.807) is 13.3 Å². The third-order valence-electron chi connectivity index (χ3n) is 2.49. The van der Waals surface area contributed by atoms with Crippen LogP contribution in [0.3, 0.4) is 0 Å². The van der Waals surface area contributed by atoms with Gasteiger partial charge < -0.3 is 10.5 Å². The Morgan fingerprint density at radius 2 is 2.35 bits per heavy atom. The number of aromatic nitrogens is 3. The van der Waals surface area contributed by atoms with E-state index < -0.39 is 0 Å². The molecule has 0 aliphatic carbocycles. The topological polar surface area (TPSA) is 76.8 Å². The molecule has 1 aromatic heterocycles. The van der Waals surface area contributed by atoms with Gasteiger partial charge in [-0.05, 0) is 40.0 Å². The summed E-state index contributed by atoms with van der Waals surface area (Å²) in [7, 11) is 1.64. The van der Waals surface area contributed by atoms with Crippen LogP contribution < -0.4 is 10.5 Å². The Labute approximate surface area is 107 Å². The van der Waals surface area contributed by atoms with Gasteiger partial charge in [0.15, 0.2) is 0 Å². The molecular formula is C11H13BrN4O. The number of H-pyrrole nitrogens is 1. The van der Waals surface area contributed by atoms with Crippen LogP contribution in [-0.4, -0.2) is 22.5 Å². The summed E-state index contributed by atoms with van der Waals surface area (Å²) in [5.41, 5.74) is 7.90. The molecule has 0 radical (unpaired) electrons. The Hall–Kier alpha value is -1.40. The van der Waals surface area contributed by atoms with Crippen LogP contribution >= 0.6 is 15.9 Å². The summed E-state index contributed by atoms with van der Waals surface area (Å²) in [6.07, 6.45) is 2.35. The molecule has 0 saturated carbocycles. The summed E-state index contributed by atoms with van der Waals surface area (Å²) in [6, 6.07) is 5.74. The third kappa shape index (κ3) is 2.83. The SMILES string of the molecule is COc1ccc(CC(N)c2cn[nH]n2)cc1Br. The quantitative estimate of drug-likeness (QED) is 0.902. The van der Waals surface area contributed by atoms with Crippen molar-refractivity contribution in [1.82, 2.24) is 15.4 Å². The Morgan fingerprint density at radius 1 is 1.53 bits per heavy atom. The fraction of sp³-hybridized carbons (Fsp3) is 0.273. The fourth-order valence-electron chi connectivity index (χ4n) is 1.58. The fourth-order valence-corrected chi connectivity index (χ4v) is 2.17. The van der Waals surface area contributed by atoms with Gasteiger partial charge >= 0.3 is 0 Å². The highest BCUT2D eigenvalue weighted by Gasteiger charge is 2.11. The minimum Gasteiger partial charge on any atom is -0.496 e. The van der Waals surface area contributed by atoms with Crippen molar-refractivity contribution in [3.8, 4) is 5.75 Å². The van der Waals surface area contributed by atoms with Crippen LogP contribution in [0.25, 0.3) is 0 Å². The maximum Gasteiger partial charge on any atom is 0.133 e. The number of hydrogen-bond acceptors (Lipinski definition) is 4. The highest BCUT2D eigenvalue weighted by molar-refractivity contribution is 9.10. The zero-order chi connectivity index (χ0) is 12.3. The normalized spacial score (nSPS) is 12.4. The van der Waals surface area contributed by atoms with Crippen LogP contribution in [0.5, 0.6) is 5.75 Å². The van der Waals surface area contributed by atoms with E-state index >= 15 is 0 Å². The monoisotopic (exact) mass is 296 g/mol. The predicted molar refractivity (Wildman–Crippen MR) is 67.7 cm³/mol. The number of halogens is 1. The first-order valence-electron chi connectivity index (χ1n) is 5.14. The highest BCUT2D eigenvalue weighted by atomic mass is 79.9. The summed E-state index contributed by atoms with van der Waals surface area (Å²) >= 11 is 3.45. The number of nitrogens with zero attached hydrogens (tertiary/aromatic N) is 2. The van der Waals surface area contributed by atoms with E-state index in [2.05, 4.69) is 31.3 Å². The van der Waals surface area contributed by atoms with Gasteiger partial charge in [-0.25, -0.2) is 0 Å². The van der Waals surface area contributed by atoms with Crippen molar-refractivity contribution in [2.24, 2.45) is 5.73 Å². The summed E-state index contributed by atoms with van der Waals surface area (Å²) in [5.74, 6) is 0.809. The summed E-state index contributed by atoms with van der Waals surface area (Å²) in [5, 5.41) is 10.3. The number of rotatable bonds is 4. The molecular weight excluding hydrogens is 284 g/mol. The average molecular weight is 297 g/mol. The lowest BCUT2D eigenvalue weighted by Gasteiger charge is -2.10. The van der Waals surface area contributed by atoms with Gasteiger partial charge in [-0.15, -0.1) is 0 Å². The number of methoxy groups -OCH3 is 1. The molecule has 2 aromatic rings.